The van der Waals surface area contributed by atoms with Crippen LogP contribution in [0.2, 0.25) is 0 Å². The topological polar surface area (TPSA) is 73.0 Å². The first kappa shape index (κ1) is 20.2. The average Bonchev–Trinajstić information content (AvgIpc) is 3.36. The highest BCUT2D eigenvalue weighted by Gasteiger charge is 2.26. The van der Waals surface area contributed by atoms with Gasteiger partial charge in [-0.1, -0.05) is 25.1 Å². The van der Waals surface area contributed by atoms with Crippen LogP contribution in [0.1, 0.15) is 38.1 Å². The average molecular weight is 438 g/mol. The SMILES string of the molecule is CCCN1CCC(n2c(C)nc3cnc4c(ccn4S(=O)(=O)c4ccccc4)c32)CC1. The molecule has 1 saturated heterocycles. The highest BCUT2D eigenvalue weighted by Crippen LogP contribution is 2.33. The monoisotopic (exact) mass is 437 g/mol. The Balaban J connectivity index is 1.62. The van der Waals surface area contributed by atoms with Gasteiger partial charge in [0.05, 0.1) is 16.6 Å². The molecule has 1 aliphatic heterocycles. The van der Waals surface area contributed by atoms with Crippen LogP contribution >= 0.6 is 0 Å². The van der Waals surface area contributed by atoms with Crippen molar-refractivity contribution < 1.29 is 8.42 Å². The smallest absolute Gasteiger partial charge is 0.269 e. The van der Waals surface area contributed by atoms with E-state index in [2.05, 4.69) is 21.4 Å². The fraction of sp³-hybridized carbons (Fsp3) is 0.391. The molecule has 0 spiro atoms. The van der Waals surface area contributed by atoms with Gasteiger partial charge in [0.15, 0.2) is 5.65 Å². The van der Waals surface area contributed by atoms with Gasteiger partial charge in [-0.3, -0.25) is 0 Å². The fourth-order valence-corrected chi connectivity index (χ4v) is 6.15. The molecule has 31 heavy (non-hydrogen) atoms. The van der Waals surface area contributed by atoms with Gasteiger partial charge in [-0.05, 0) is 50.9 Å². The summed E-state index contributed by atoms with van der Waals surface area (Å²) in [5.74, 6) is 0.955. The summed E-state index contributed by atoms with van der Waals surface area (Å²) >= 11 is 0. The number of hydrogen-bond acceptors (Lipinski definition) is 5. The number of rotatable bonds is 5. The standard InChI is InChI=1S/C23H27N5O2S/c1-3-12-26-13-9-18(10-14-26)28-17(2)25-21-16-24-23-20(22(21)28)11-15-27(23)31(29,30)19-7-5-4-6-8-19/h4-8,11,15-16,18H,3,9-10,12-14H2,1-2H3. The fourth-order valence-electron chi connectivity index (χ4n) is 4.83. The lowest BCUT2D eigenvalue weighted by Crippen LogP contribution is -2.35. The van der Waals surface area contributed by atoms with Gasteiger partial charge in [0.25, 0.3) is 10.0 Å². The lowest BCUT2D eigenvalue weighted by atomic mass is 10.0. The molecular formula is C23H27N5O2S. The molecule has 0 bridgehead atoms. The molecule has 1 aromatic carbocycles. The Morgan fingerprint density at radius 2 is 1.84 bits per heavy atom. The highest BCUT2D eigenvalue weighted by atomic mass is 32.2. The Kier molecular flexibility index (Phi) is 5.06. The van der Waals surface area contributed by atoms with E-state index < -0.39 is 10.0 Å². The van der Waals surface area contributed by atoms with Crippen molar-refractivity contribution >= 4 is 32.1 Å². The molecular weight excluding hydrogens is 410 g/mol. The van der Waals surface area contributed by atoms with Crippen LogP contribution in [0.3, 0.4) is 0 Å². The van der Waals surface area contributed by atoms with E-state index in [0.717, 1.165) is 54.7 Å². The van der Waals surface area contributed by atoms with E-state index in [9.17, 15) is 8.42 Å². The zero-order valence-electron chi connectivity index (χ0n) is 17.9. The number of nitrogens with zero attached hydrogens (tertiary/aromatic N) is 5. The Bertz CT molecular complexity index is 1330. The molecule has 0 unspecified atom stereocenters. The van der Waals surface area contributed by atoms with Crippen molar-refractivity contribution in [3.05, 3.63) is 54.6 Å². The molecule has 0 radical (unpaired) electrons. The summed E-state index contributed by atoms with van der Waals surface area (Å²) in [6, 6.07) is 10.7. The summed E-state index contributed by atoms with van der Waals surface area (Å²) < 4.78 is 30.1. The maximum absolute atomic E-state index is 13.2. The molecule has 0 atom stereocenters. The van der Waals surface area contributed by atoms with Crippen molar-refractivity contribution in [2.75, 3.05) is 19.6 Å². The molecule has 0 saturated carbocycles. The predicted octanol–water partition coefficient (Wildman–Crippen LogP) is 3.98. The first-order chi connectivity index (χ1) is 15.0. The lowest BCUT2D eigenvalue weighted by Gasteiger charge is -2.33. The van der Waals surface area contributed by atoms with E-state index in [1.54, 1.807) is 36.7 Å². The molecule has 3 aromatic heterocycles. The van der Waals surface area contributed by atoms with Crippen LogP contribution in [0.5, 0.6) is 0 Å². The van der Waals surface area contributed by atoms with E-state index in [1.165, 1.54) is 10.4 Å². The van der Waals surface area contributed by atoms with Crippen LogP contribution in [0.15, 0.2) is 53.7 Å². The van der Waals surface area contributed by atoms with Crippen LogP contribution < -0.4 is 0 Å². The summed E-state index contributed by atoms with van der Waals surface area (Å²) in [7, 11) is -3.72. The zero-order chi connectivity index (χ0) is 21.6. The number of aromatic nitrogens is 4. The van der Waals surface area contributed by atoms with Crippen LogP contribution in [-0.2, 0) is 10.0 Å². The predicted molar refractivity (Wildman–Crippen MR) is 122 cm³/mol. The Morgan fingerprint density at radius 3 is 2.55 bits per heavy atom. The quantitative estimate of drug-likeness (QED) is 0.472. The van der Waals surface area contributed by atoms with Crippen molar-refractivity contribution in [1.82, 2.24) is 23.4 Å². The Hall–Kier alpha value is -2.71. The normalized spacial score (nSPS) is 16.5. The van der Waals surface area contributed by atoms with E-state index >= 15 is 0 Å². The third-order valence-electron chi connectivity index (χ3n) is 6.27. The highest BCUT2D eigenvalue weighted by molar-refractivity contribution is 7.90. The molecule has 0 aliphatic carbocycles. The number of likely N-dealkylation sites (tertiary alicyclic amines) is 1. The van der Waals surface area contributed by atoms with Crippen molar-refractivity contribution in [2.45, 2.75) is 44.0 Å². The van der Waals surface area contributed by atoms with Crippen molar-refractivity contribution in [3.63, 3.8) is 0 Å². The van der Waals surface area contributed by atoms with Gasteiger partial charge in [0.2, 0.25) is 0 Å². The van der Waals surface area contributed by atoms with Gasteiger partial charge in [0.1, 0.15) is 11.3 Å². The number of piperidine rings is 1. The van der Waals surface area contributed by atoms with Crippen LogP contribution in [0.4, 0.5) is 0 Å². The van der Waals surface area contributed by atoms with E-state index in [4.69, 9.17) is 4.98 Å². The van der Waals surface area contributed by atoms with E-state index in [0.29, 0.717) is 11.7 Å². The minimum absolute atomic E-state index is 0.252. The van der Waals surface area contributed by atoms with E-state index in [-0.39, 0.29) is 4.90 Å². The van der Waals surface area contributed by atoms with Gasteiger partial charge in [0, 0.05) is 30.7 Å². The van der Waals surface area contributed by atoms with Crippen molar-refractivity contribution in [3.8, 4) is 0 Å². The minimum atomic E-state index is -3.72. The summed E-state index contributed by atoms with van der Waals surface area (Å²) in [6.45, 7) is 7.55. The third kappa shape index (κ3) is 3.34. The second-order valence-corrected chi connectivity index (χ2v) is 10.1. The molecule has 5 rings (SSSR count). The summed E-state index contributed by atoms with van der Waals surface area (Å²) in [5, 5.41) is 0.827. The van der Waals surface area contributed by atoms with Crippen molar-refractivity contribution in [1.29, 1.82) is 0 Å². The number of pyridine rings is 1. The Labute approximate surface area is 182 Å². The third-order valence-corrected chi connectivity index (χ3v) is 7.95. The zero-order valence-corrected chi connectivity index (χ0v) is 18.7. The summed E-state index contributed by atoms with van der Waals surface area (Å²) in [6.07, 6.45) is 6.62. The molecule has 1 aliphatic rings. The van der Waals surface area contributed by atoms with Crippen molar-refractivity contribution in [2.24, 2.45) is 0 Å². The molecule has 0 amide bonds. The molecule has 162 valence electrons. The molecule has 4 aromatic rings. The number of imidazole rings is 1. The maximum Gasteiger partial charge on any atom is 0.269 e. The van der Waals surface area contributed by atoms with Gasteiger partial charge in [-0.25, -0.2) is 22.4 Å². The first-order valence-corrected chi connectivity index (χ1v) is 12.3. The number of fused-ring (bicyclic) bond motifs is 3. The second-order valence-electron chi connectivity index (χ2n) is 8.26. The van der Waals surface area contributed by atoms with Crippen LogP contribution in [-0.4, -0.2) is 51.5 Å². The number of benzene rings is 1. The minimum Gasteiger partial charge on any atom is -0.324 e. The van der Waals surface area contributed by atoms with Gasteiger partial charge >= 0.3 is 0 Å². The first-order valence-electron chi connectivity index (χ1n) is 10.9. The van der Waals surface area contributed by atoms with Gasteiger partial charge in [-0.2, -0.15) is 0 Å². The number of aryl methyl sites for hydroxylation is 1. The van der Waals surface area contributed by atoms with Crippen LogP contribution in [0, 0.1) is 6.92 Å². The van der Waals surface area contributed by atoms with E-state index in [1.807, 2.05) is 19.1 Å². The largest absolute Gasteiger partial charge is 0.324 e. The summed E-state index contributed by atoms with van der Waals surface area (Å²) in [4.78, 5) is 12.0. The number of hydrogen-bond donors (Lipinski definition) is 0. The van der Waals surface area contributed by atoms with Gasteiger partial charge < -0.3 is 9.47 Å². The molecule has 0 N–H and O–H groups in total. The molecule has 7 nitrogen and oxygen atoms in total. The maximum atomic E-state index is 13.2. The Morgan fingerprint density at radius 1 is 1.10 bits per heavy atom. The summed E-state index contributed by atoms with van der Waals surface area (Å²) in [5.41, 5.74) is 2.25. The second kappa shape index (κ2) is 7.76. The van der Waals surface area contributed by atoms with Gasteiger partial charge in [-0.15, -0.1) is 0 Å². The van der Waals surface area contributed by atoms with Crippen LogP contribution in [0.25, 0.3) is 22.1 Å². The molecule has 8 heteroatoms. The molecule has 1 fully saturated rings. The molecule has 4 heterocycles. The lowest BCUT2D eigenvalue weighted by molar-refractivity contribution is 0.188.